The highest BCUT2D eigenvalue weighted by Gasteiger charge is 2.10. The monoisotopic (exact) mass is 340 g/mol. The maximum absolute atomic E-state index is 11.9. The van der Waals surface area contributed by atoms with Gasteiger partial charge in [-0.25, -0.2) is 4.79 Å². The lowest BCUT2D eigenvalue weighted by Crippen LogP contribution is -2.13. The number of aryl methyl sites for hydroxylation is 2. The molecule has 0 spiro atoms. The fraction of sp³-hybridized carbons (Fsp3) is 0.409. The number of carbonyl (C=O) groups is 1. The lowest BCUT2D eigenvalue weighted by atomic mass is 10.1. The molecule has 3 nitrogen and oxygen atoms in total. The number of para-hydroxylation sites is 1. The molecule has 0 saturated heterocycles. The fourth-order valence-electron chi connectivity index (χ4n) is 2.75. The van der Waals surface area contributed by atoms with Crippen LogP contribution in [0, 0.1) is 0 Å². The predicted molar refractivity (Wildman–Crippen MR) is 101 cm³/mol. The normalized spacial score (nSPS) is 10.4. The molecule has 2 rings (SSSR count). The average molecular weight is 340 g/mol. The van der Waals surface area contributed by atoms with Crippen LogP contribution in [0.4, 0.5) is 4.79 Å². The molecule has 2 aromatic carbocycles. The molecule has 25 heavy (non-hydrogen) atoms. The molecule has 0 fully saturated rings. The van der Waals surface area contributed by atoms with E-state index in [2.05, 4.69) is 19.1 Å². The molecule has 0 heterocycles. The van der Waals surface area contributed by atoms with Gasteiger partial charge in [0.15, 0.2) is 0 Å². The van der Waals surface area contributed by atoms with Crippen LogP contribution in [-0.4, -0.2) is 12.8 Å². The topological polar surface area (TPSA) is 35.5 Å². The van der Waals surface area contributed by atoms with Crippen molar-refractivity contribution < 1.29 is 14.3 Å². The van der Waals surface area contributed by atoms with E-state index in [1.54, 1.807) is 0 Å². The van der Waals surface area contributed by atoms with Crippen LogP contribution in [-0.2, 0) is 17.6 Å². The molecule has 0 radical (unpaired) electrons. The van der Waals surface area contributed by atoms with Gasteiger partial charge in [-0.2, -0.15) is 0 Å². The molecule has 0 atom stereocenters. The smallest absolute Gasteiger partial charge is 0.434 e. The molecule has 0 saturated carbocycles. The van der Waals surface area contributed by atoms with Gasteiger partial charge in [-0.1, -0.05) is 74.7 Å². The molecule has 3 heteroatoms. The SMILES string of the molecule is CCCCCCc1ccccc1OC(=O)OCCCc1ccccc1. The van der Waals surface area contributed by atoms with E-state index < -0.39 is 6.16 Å². The van der Waals surface area contributed by atoms with Gasteiger partial charge in [0.2, 0.25) is 0 Å². The first kappa shape index (κ1) is 19.0. The van der Waals surface area contributed by atoms with Gasteiger partial charge >= 0.3 is 6.16 Å². The second-order valence-electron chi connectivity index (χ2n) is 6.21. The first-order valence-electron chi connectivity index (χ1n) is 9.26. The van der Waals surface area contributed by atoms with Crippen LogP contribution in [0.1, 0.15) is 50.2 Å². The zero-order chi connectivity index (χ0) is 17.7. The zero-order valence-electron chi connectivity index (χ0n) is 15.1. The number of rotatable bonds is 10. The summed E-state index contributed by atoms with van der Waals surface area (Å²) in [7, 11) is 0. The Hall–Kier alpha value is -2.29. The Kier molecular flexibility index (Phi) is 8.60. The van der Waals surface area contributed by atoms with Crippen molar-refractivity contribution in [3.8, 4) is 5.75 Å². The van der Waals surface area contributed by atoms with Gasteiger partial charge in [0, 0.05) is 0 Å². The van der Waals surface area contributed by atoms with Gasteiger partial charge in [0.05, 0.1) is 6.61 Å². The molecular weight excluding hydrogens is 312 g/mol. The minimum Gasteiger partial charge on any atom is -0.434 e. The third-order valence-corrected chi connectivity index (χ3v) is 4.14. The second kappa shape index (κ2) is 11.3. The largest absolute Gasteiger partial charge is 0.513 e. The maximum atomic E-state index is 11.9. The molecular formula is C22H28O3. The molecule has 0 aliphatic carbocycles. The lowest BCUT2D eigenvalue weighted by Gasteiger charge is -2.10. The van der Waals surface area contributed by atoms with Crippen LogP contribution in [0.3, 0.4) is 0 Å². The molecule has 0 aromatic heterocycles. The number of carbonyl (C=O) groups excluding carboxylic acids is 1. The molecule has 0 bridgehead atoms. The van der Waals surface area contributed by atoms with Crippen LogP contribution >= 0.6 is 0 Å². The van der Waals surface area contributed by atoms with Crippen molar-refractivity contribution in [2.45, 2.75) is 51.9 Å². The highest BCUT2D eigenvalue weighted by Crippen LogP contribution is 2.21. The number of ether oxygens (including phenoxy) is 2. The quantitative estimate of drug-likeness (QED) is 0.304. The minimum atomic E-state index is -0.617. The van der Waals surface area contributed by atoms with Gasteiger partial charge in [-0.3, -0.25) is 0 Å². The summed E-state index contributed by atoms with van der Waals surface area (Å²) in [6.07, 6.45) is 6.76. The van der Waals surface area contributed by atoms with Gasteiger partial charge in [-0.05, 0) is 42.9 Å². The molecule has 2 aromatic rings. The molecule has 0 aliphatic rings. The van der Waals surface area contributed by atoms with Crippen molar-refractivity contribution in [2.75, 3.05) is 6.61 Å². The van der Waals surface area contributed by atoms with Crippen LogP contribution in [0.5, 0.6) is 5.75 Å². The molecule has 0 unspecified atom stereocenters. The average Bonchev–Trinajstić information content (AvgIpc) is 2.64. The number of hydrogen-bond acceptors (Lipinski definition) is 3. The van der Waals surface area contributed by atoms with Gasteiger partial charge in [-0.15, -0.1) is 0 Å². The zero-order valence-corrected chi connectivity index (χ0v) is 15.1. The Morgan fingerprint density at radius 2 is 1.60 bits per heavy atom. The number of benzene rings is 2. The highest BCUT2D eigenvalue weighted by molar-refractivity contribution is 5.64. The Morgan fingerprint density at radius 1 is 0.840 bits per heavy atom. The Morgan fingerprint density at radius 3 is 2.40 bits per heavy atom. The van der Waals surface area contributed by atoms with E-state index >= 15 is 0 Å². The Balaban J connectivity index is 1.72. The van der Waals surface area contributed by atoms with E-state index in [0.717, 1.165) is 31.2 Å². The van der Waals surface area contributed by atoms with Crippen LogP contribution in [0.25, 0.3) is 0 Å². The summed E-state index contributed by atoms with van der Waals surface area (Å²) in [5, 5.41) is 0. The van der Waals surface area contributed by atoms with Crippen molar-refractivity contribution in [1.29, 1.82) is 0 Å². The van der Waals surface area contributed by atoms with Crippen molar-refractivity contribution in [1.82, 2.24) is 0 Å². The Bertz CT molecular complexity index is 622. The summed E-state index contributed by atoms with van der Waals surface area (Å²) in [6.45, 7) is 2.57. The third kappa shape index (κ3) is 7.42. The van der Waals surface area contributed by atoms with Crippen molar-refractivity contribution in [3.63, 3.8) is 0 Å². The van der Waals surface area contributed by atoms with Crippen LogP contribution in [0.2, 0.25) is 0 Å². The highest BCUT2D eigenvalue weighted by atomic mass is 16.7. The molecule has 0 amide bonds. The van der Waals surface area contributed by atoms with Crippen molar-refractivity contribution in [3.05, 3.63) is 65.7 Å². The summed E-state index contributed by atoms with van der Waals surface area (Å²) < 4.78 is 10.6. The van der Waals surface area contributed by atoms with Crippen molar-refractivity contribution >= 4 is 6.16 Å². The number of hydrogen-bond donors (Lipinski definition) is 0. The molecule has 0 N–H and O–H groups in total. The molecule has 134 valence electrons. The predicted octanol–water partition coefficient (Wildman–Crippen LogP) is 5.96. The second-order valence-corrected chi connectivity index (χ2v) is 6.21. The summed E-state index contributed by atoms with van der Waals surface area (Å²) in [5.74, 6) is 0.618. The fourth-order valence-corrected chi connectivity index (χ4v) is 2.75. The van der Waals surface area contributed by atoms with E-state index in [9.17, 15) is 4.79 Å². The minimum absolute atomic E-state index is 0.367. The van der Waals surface area contributed by atoms with Crippen LogP contribution < -0.4 is 4.74 Å². The van der Waals surface area contributed by atoms with Gasteiger partial charge < -0.3 is 9.47 Å². The van der Waals surface area contributed by atoms with Crippen molar-refractivity contribution in [2.24, 2.45) is 0 Å². The number of unbranched alkanes of at least 4 members (excludes halogenated alkanes) is 3. The van der Waals surface area contributed by atoms with Crippen LogP contribution in [0.15, 0.2) is 54.6 Å². The summed E-state index contributed by atoms with van der Waals surface area (Å²) in [6, 6.07) is 17.9. The molecule has 0 aliphatic heterocycles. The van der Waals surface area contributed by atoms with E-state index in [1.165, 1.54) is 24.8 Å². The van der Waals surface area contributed by atoms with E-state index in [-0.39, 0.29) is 0 Å². The first-order valence-corrected chi connectivity index (χ1v) is 9.26. The summed E-state index contributed by atoms with van der Waals surface area (Å²) in [5.41, 5.74) is 2.32. The Labute approximate surface area is 151 Å². The van der Waals surface area contributed by atoms with Gasteiger partial charge in [0.1, 0.15) is 5.75 Å². The maximum Gasteiger partial charge on any atom is 0.513 e. The van der Waals surface area contributed by atoms with Gasteiger partial charge in [0.25, 0.3) is 0 Å². The first-order chi connectivity index (χ1) is 12.3. The van der Waals surface area contributed by atoms with E-state index in [1.807, 2.05) is 42.5 Å². The third-order valence-electron chi connectivity index (χ3n) is 4.14. The standard InChI is InChI=1S/C22H28O3/c1-2-3-4-8-15-20-16-9-10-17-21(20)25-22(23)24-18-11-14-19-12-6-5-7-13-19/h5-7,9-10,12-13,16-17H,2-4,8,11,14-15,18H2,1H3. The summed E-state index contributed by atoms with van der Waals surface area (Å²) in [4.78, 5) is 11.9. The van der Waals surface area contributed by atoms with E-state index in [4.69, 9.17) is 9.47 Å². The lowest BCUT2D eigenvalue weighted by molar-refractivity contribution is 0.0977. The summed E-state index contributed by atoms with van der Waals surface area (Å²) >= 11 is 0. The van der Waals surface area contributed by atoms with E-state index in [0.29, 0.717) is 12.4 Å².